The van der Waals surface area contributed by atoms with Gasteiger partial charge in [-0.3, -0.25) is 0 Å². The molecule has 0 aliphatic carbocycles. The first kappa shape index (κ1) is 16.3. The van der Waals surface area contributed by atoms with Crippen molar-refractivity contribution in [2.75, 3.05) is 0 Å². The van der Waals surface area contributed by atoms with Crippen LogP contribution in [0.3, 0.4) is 0 Å². The molecule has 0 N–H and O–H groups in total. The van der Waals surface area contributed by atoms with E-state index in [0.717, 1.165) is 33.6 Å². The fourth-order valence-electron chi connectivity index (χ4n) is 3.14. The number of benzene rings is 3. The molecule has 28 heavy (non-hydrogen) atoms. The maximum atomic E-state index is 5.57. The largest absolute Gasteiger partial charge is 0.356 e. The highest BCUT2D eigenvalue weighted by Gasteiger charge is 2.12. The van der Waals surface area contributed by atoms with Gasteiger partial charge in [0.15, 0.2) is 11.5 Å². The van der Waals surface area contributed by atoms with Gasteiger partial charge in [0.25, 0.3) is 0 Å². The number of hydrogen-bond acceptors (Lipinski definition) is 4. The van der Waals surface area contributed by atoms with Gasteiger partial charge in [0.1, 0.15) is 11.4 Å². The van der Waals surface area contributed by atoms with Crippen LogP contribution in [0.25, 0.3) is 45.2 Å². The molecule has 0 aliphatic rings. The molecule has 3 aromatic carbocycles. The second-order valence-electron chi connectivity index (χ2n) is 6.47. The Kier molecular flexibility index (Phi) is 4.07. The standard InChI is InChI=1S/C24H16N2O2/c1-3-8-17(9-4-1)21-15-23(27-25-21)19-12-7-13-20(14-19)24-16-22(26-28-24)18-10-5-2-6-11-18/h1-16H. The van der Waals surface area contributed by atoms with Crippen molar-refractivity contribution < 1.29 is 9.05 Å². The Morgan fingerprint density at radius 3 is 1.32 bits per heavy atom. The normalized spacial score (nSPS) is 10.9. The third kappa shape index (κ3) is 3.12. The van der Waals surface area contributed by atoms with E-state index in [9.17, 15) is 0 Å². The van der Waals surface area contributed by atoms with E-state index in [1.165, 1.54) is 0 Å². The summed E-state index contributed by atoms with van der Waals surface area (Å²) in [6.07, 6.45) is 0. The van der Waals surface area contributed by atoms with Crippen molar-refractivity contribution >= 4 is 0 Å². The number of nitrogens with zero attached hydrogens (tertiary/aromatic N) is 2. The molecule has 0 bridgehead atoms. The van der Waals surface area contributed by atoms with E-state index >= 15 is 0 Å². The molecule has 5 rings (SSSR count). The van der Waals surface area contributed by atoms with Gasteiger partial charge in [-0.2, -0.15) is 0 Å². The van der Waals surface area contributed by atoms with Crippen molar-refractivity contribution in [3.05, 3.63) is 97.1 Å². The molecule has 0 atom stereocenters. The lowest BCUT2D eigenvalue weighted by atomic mass is 10.0. The Hall–Kier alpha value is -3.92. The summed E-state index contributed by atoms with van der Waals surface area (Å²) in [5.74, 6) is 1.42. The minimum atomic E-state index is 0.712. The van der Waals surface area contributed by atoms with Crippen LogP contribution in [0.4, 0.5) is 0 Å². The molecule has 4 nitrogen and oxygen atoms in total. The van der Waals surface area contributed by atoms with Crippen LogP contribution >= 0.6 is 0 Å². The first-order valence-corrected chi connectivity index (χ1v) is 9.02. The Balaban J connectivity index is 1.46. The van der Waals surface area contributed by atoms with E-state index in [1.807, 2.05) is 97.1 Å². The zero-order chi connectivity index (χ0) is 18.8. The average Bonchev–Trinajstić information content (AvgIpc) is 3.46. The van der Waals surface area contributed by atoms with Gasteiger partial charge in [-0.05, 0) is 6.07 Å². The van der Waals surface area contributed by atoms with Crippen molar-refractivity contribution in [2.45, 2.75) is 0 Å². The lowest BCUT2D eigenvalue weighted by Gasteiger charge is -1.99. The Labute approximate surface area is 162 Å². The van der Waals surface area contributed by atoms with Crippen molar-refractivity contribution in [1.82, 2.24) is 10.3 Å². The zero-order valence-electron chi connectivity index (χ0n) is 14.9. The summed E-state index contributed by atoms with van der Waals surface area (Å²) in [5.41, 5.74) is 5.54. The molecule has 4 heteroatoms. The summed E-state index contributed by atoms with van der Waals surface area (Å²) in [4.78, 5) is 0. The lowest BCUT2D eigenvalue weighted by molar-refractivity contribution is 0.433. The fourth-order valence-corrected chi connectivity index (χ4v) is 3.14. The van der Waals surface area contributed by atoms with E-state index in [1.54, 1.807) is 0 Å². The molecule has 2 heterocycles. The van der Waals surface area contributed by atoms with Gasteiger partial charge in [-0.1, -0.05) is 89.2 Å². The van der Waals surface area contributed by atoms with Crippen molar-refractivity contribution in [3.63, 3.8) is 0 Å². The van der Waals surface area contributed by atoms with Crippen molar-refractivity contribution in [1.29, 1.82) is 0 Å². The minimum absolute atomic E-state index is 0.712. The predicted molar refractivity (Wildman–Crippen MR) is 108 cm³/mol. The molecule has 0 amide bonds. The van der Waals surface area contributed by atoms with Crippen molar-refractivity contribution in [3.8, 4) is 45.2 Å². The van der Waals surface area contributed by atoms with Gasteiger partial charge < -0.3 is 9.05 Å². The fraction of sp³-hybridized carbons (Fsp3) is 0. The van der Waals surface area contributed by atoms with Gasteiger partial charge in [-0.15, -0.1) is 0 Å². The second kappa shape index (κ2) is 7.00. The van der Waals surface area contributed by atoms with Crippen LogP contribution in [-0.4, -0.2) is 10.3 Å². The van der Waals surface area contributed by atoms with Gasteiger partial charge >= 0.3 is 0 Å². The van der Waals surface area contributed by atoms with Gasteiger partial charge in [-0.25, -0.2) is 0 Å². The maximum absolute atomic E-state index is 5.57. The van der Waals surface area contributed by atoms with Gasteiger partial charge in [0, 0.05) is 34.4 Å². The van der Waals surface area contributed by atoms with E-state index in [-0.39, 0.29) is 0 Å². The molecule has 0 radical (unpaired) electrons. The first-order valence-electron chi connectivity index (χ1n) is 9.02. The van der Waals surface area contributed by atoms with Crippen LogP contribution < -0.4 is 0 Å². The number of rotatable bonds is 4. The molecule has 0 saturated heterocycles. The molecule has 0 saturated carbocycles. The van der Waals surface area contributed by atoms with Crippen LogP contribution in [-0.2, 0) is 0 Å². The molecule has 2 aromatic heterocycles. The Morgan fingerprint density at radius 1 is 0.429 bits per heavy atom. The third-order valence-corrected chi connectivity index (χ3v) is 4.59. The lowest BCUT2D eigenvalue weighted by Crippen LogP contribution is -1.78. The highest BCUT2D eigenvalue weighted by atomic mass is 16.5. The minimum Gasteiger partial charge on any atom is -0.356 e. The highest BCUT2D eigenvalue weighted by molar-refractivity contribution is 5.73. The summed E-state index contributed by atoms with van der Waals surface area (Å²) in [7, 11) is 0. The smallest absolute Gasteiger partial charge is 0.167 e. The first-order chi connectivity index (χ1) is 13.9. The van der Waals surface area contributed by atoms with Gasteiger partial charge in [0.2, 0.25) is 0 Å². The molecular formula is C24H16N2O2. The Bertz CT molecular complexity index is 1110. The van der Waals surface area contributed by atoms with Crippen molar-refractivity contribution in [2.24, 2.45) is 0 Å². The Morgan fingerprint density at radius 2 is 0.857 bits per heavy atom. The van der Waals surface area contributed by atoms with Crippen LogP contribution in [0.5, 0.6) is 0 Å². The summed E-state index contributed by atoms with van der Waals surface area (Å²) < 4.78 is 11.1. The SMILES string of the molecule is c1ccc(-c2cc(-c3cccc(-c4cc(-c5ccccc5)no4)c3)on2)cc1. The van der Waals surface area contributed by atoms with E-state index in [4.69, 9.17) is 9.05 Å². The quantitative estimate of drug-likeness (QED) is 0.374. The van der Waals surface area contributed by atoms with E-state index in [0.29, 0.717) is 11.5 Å². The molecule has 0 unspecified atom stereocenters. The van der Waals surface area contributed by atoms with E-state index < -0.39 is 0 Å². The molecule has 0 spiro atoms. The molecular weight excluding hydrogens is 348 g/mol. The van der Waals surface area contributed by atoms with Crippen LogP contribution in [0.15, 0.2) is 106 Å². The van der Waals surface area contributed by atoms with E-state index in [2.05, 4.69) is 10.3 Å². The monoisotopic (exact) mass is 364 g/mol. The summed E-state index contributed by atoms with van der Waals surface area (Å²) >= 11 is 0. The maximum Gasteiger partial charge on any atom is 0.167 e. The average molecular weight is 364 g/mol. The van der Waals surface area contributed by atoms with Crippen LogP contribution in [0.1, 0.15) is 0 Å². The second-order valence-corrected chi connectivity index (χ2v) is 6.47. The molecule has 0 fully saturated rings. The summed E-state index contributed by atoms with van der Waals surface area (Å²) in [5, 5.41) is 8.40. The zero-order valence-corrected chi connectivity index (χ0v) is 14.9. The highest BCUT2D eigenvalue weighted by Crippen LogP contribution is 2.31. The summed E-state index contributed by atoms with van der Waals surface area (Å²) in [6, 6.07) is 31.8. The van der Waals surface area contributed by atoms with Crippen LogP contribution in [0.2, 0.25) is 0 Å². The number of aromatic nitrogens is 2. The molecule has 134 valence electrons. The summed E-state index contributed by atoms with van der Waals surface area (Å²) in [6.45, 7) is 0. The van der Waals surface area contributed by atoms with Crippen LogP contribution in [0, 0.1) is 0 Å². The number of hydrogen-bond donors (Lipinski definition) is 0. The van der Waals surface area contributed by atoms with Gasteiger partial charge in [0.05, 0.1) is 0 Å². The molecule has 0 aliphatic heterocycles. The third-order valence-electron chi connectivity index (χ3n) is 4.59. The topological polar surface area (TPSA) is 52.1 Å². The molecule has 5 aromatic rings. The predicted octanol–water partition coefficient (Wildman–Crippen LogP) is 6.33.